The average Bonchev–Trinajstić information content (AvgIpc) is 2.56. The summed E-state index contributed by atoms with van der Waals surface area (Å²) in [5.41, 5.74) is 6.12. The molecule has 142 valence electrons. The van der Waals surface area contributed by atoms with Gasteiger partial charge in [0.25, 0.3) is 0 Å². The lowest BCUT2D eigenvalue weighted by molar-refractivity contribution is -0.139. The molecule has 0 aromatic heterocycles. The van der Waals surface area contributed by atoms with Crippen molar-refractivity contribution in [2.24, 2.45) is 5.73 Å². The summed E-state index contributed by atoms with van der Waals surface area (Å²) in [7, 11) is 0. The van der Waals surface area contributed by atoms with Crippen molar-refractivity contribution in [3.63, 3.8) is 0 Å². The fourth-order valence-electron chi connectivity index (χ4n) is 2.21. The Morgan fingerprint density at radius 2 is 1.48 bits per heavy atom. The van der Waals surface area contributed by atoms with E-state index >= 15 is 0 Å². The highest BCUT2D eigenvalue weighted by atomic mass is 16.4. The number of hydrogen-bond acceptors (Lipinski definition) is 4. The van der Waals surface area contributed by atoms with Gasteiger partial charge >= 0.3 is 11.9 Å². The third-order valence-electron chi connectivity index (χ3n) is 3.70. The molecule has 0 amide bonds. The fourth-order valence-corrected chi connectivity index (χ4v) is 2.21. The van der Waals surface area contributed by atoms with Crippen LogP contribution in [0.4, 0.5) is 0 Å². The van der Waals surface area contributed by atoms with Gasteiger partial charge in [0.15, 0.2) is 0 Å². The zero-order valence-corrected chi connectivity index (χ0v) is 15.0. The predicted octanol–water partition coefficient (Wildman–Crippen LogP) is 3.56. The normalized spacial score (nSPS) is 11.3. The summed E-state index contributed by atoms with van der Waals surface area (Å²) >= 11 is 0. The van der Waals surface area contributed by atoms with Crippen molar-refractivity contribution in [3.05, 3.63) is 29.8 Å². The predicted molar refractivity (Wildman–Crippen MR) is 97.7 cm³/mol. The number of aliphatic carboxylic acids is 2. The molecule has 0 aliphatic carbocycles. The monoisotopic (exact) mass is 353 g/mol. The van der Waals surface area contributed by atoms with Gasteiger partial charge < -0.3 is 21.1 Å². The van der Waals surface area contributed by atoms with Crippen molar-refractivity contribution >= 4 is 11.9 Å². The number of rotatable bonds is 11. The second-order valence-electron chi connectivity index (χ2n) is 6.08. The number of carbonyl (C=O) groups is 2. The highest BCUT2D eigenvalue weighted by molar-refractivity contribution is 5.73. The summed E-state index contributed by atoms with van der Waals surface area (Å²) in [5.74, 6) is -1.52. The molecule has 0 radical (unpaired) electrons. The SMILES string of the molecule is CCCCCCCCCC(=O)O.NC(Cc1ccc(O)cc1)C(=O)O. The van der Waals surface area contributed by atoms with Gasteiger partial charge in [-0.25, -0.2) is 0 Å². The molecule has 0 aliphatic rings. The van der Waals surface area contributed by atoms with Crippen LogP contribution in [0.5, 0.6) is 5.75 Å². The van der Waals surface area contributed by atoms with Gasteiger partial charge in [-0.1, -0.05) is 57.6 Å². The number of carboxylic acids is 2. The molecular formula is C19H31NO5. The Balaban J connectivity index is 0.000000463. The number of phenolic OH excluding ortho intramolecular Hbond substituents is 1. The van der Waals surface area contributed by atoms with E-state index in [-0.39, 0.29) is 12.2 Å². The Bertz CT molecular complexity index is 487. The lowest BCUT2D eigenvalue weighted by Gasteiger charge is -2.05. The number of aromatic hydroxyl groups is 1. The molecule has 1 aromatic carbocycles. The molecule has 6 heteroatoms. The molecule has 0 heterocycles. The molecule has 0 bridgehead atoms. The van der Waals surface area contributed by atoms with Crippen LogP contribution in [0, 0.1) is 0 Å². The van der Waals surface area contributed by atoms with Crippen molar-refractivity contribution in [2.45, 2.75) is 70.8 Å². The van der Waals surface area contributed by atoms with Gasteiger partial charge in [0.1, 0.15) is 11.8 Å². The van der Waals surface area contributed by atoms with Gasteiger partial charge in [-0.15, -0.1) is 0 Å². The molecule has 0 aliphatic heterocycles. The molecule has 1 rings (SSSR count). The summed E-state index contributed by atoms with van der Waals surface area (Å²) in [6.07, 6.45) is 8.92. The molecule has 1 unspecified atom stereocenters. The van der Waals surface area contributed by atoms with E-state index in [1.807, 2.05) is 0 Å². The maximum Gasteiger partial charge on any atom is 0.320 e. The summed E-state index contributed by atoms with van der Waals surface area (Å²) in [5, 5.41) is 25.8. The van der Waals surface area contributed by atoms with Crippen LogP contribution in [0.15, 0.2) is 24.3 Å². The van der Waals surface area contributed by atoms with Crippen molar-refractivity contribution in [1.82, 2.24) is 0 Å². The Morgan fingerprint density at radius 3 is 1.96 bits per heavy atom. The molecule has 0 saturated carbocycles. The van der Waals surface area contributed by atoms with E-state index in [9.17, 15) is 9.59 Å². The number of unbranched alkanes of at least 4 members (excludes halogenated alkanes) is 6. The molecule has 0 fully saturated rings. The first-order valence-corrected chi connectivity index (χ1v) is 8.84. The summed E-state index contributed by atoms with van der Waals surface area (Å²) in [4.78, 5) is 20.5. The molecule has 0 spiro atoms. The molecule has 0 saturated heterocycles. The highest BCUT2D eigenvalue weighted by Crippen LogP contribution is 2.10. The third kappa shape index (κ3) is 14.0. The van der Waals surface area contributed by atoms with Crippen LogP contribution in [-0.2, 0) is 16.0 Å². The zero-order valence-electron chi connectivity index (χ0n) is 15.0. The van der Waals surface area contributed by atoms with Crippen LogP contribution in [0.1, 0.15) is 63.9 Å². The quantitative estimate of drug-likeness (QED) is 0.451. The van der Waals surface area contributed by atoms with Crippen LogP contribution in [0.3, 0.4) is 0 Å². The van der Waals surface area contributed by atoms with Crippen molar-refractivity contribution in [3.8, 4) is 5.75 Å². The zero-order chi connectivity index (χ0) is 19.1. The van der Waals surface area contributed by atoms with E-state index < -0.39 is 18.0 Å². The summed E-state index contributed by atoms with van der Waals surface area (Å²) in [6, 6.07) is 5.42. The van der Waals surface area contributed by atoms with Gasteiger partial charge in [-0.05, 0) is 30.5 Å². The van der Waals surface area contributed by atoms with E-state index in [1.165, 1.54) is 44.2 Å². The number of nitrogens with two attached hydrogens (primary N) is 1. The Hall–Kier alpha value is -2.08. The van der Waals surface area contributed by atoms with Crippen molar-refractivity contribution in [2.75, 3.05) is 0 Å². The smallest absolute Gasteiger partial charge is 0.320 e. The average molecular weight is 353 g/mol. The Kier molecular flexibility index (Phi) is 13.1. The first-order chi connectivity index (χ1) is 11.9. The van der Waals surface area contributed by atoms with E-state index in [0.29, 0.717) is 6.42 Å². The van der Waals surface area contributed by atoms with Gasteiger partial charge in [-0.3, -0.25) is 9.59 Å². The topological polar surface area (TPSA) is 121 Å². The van der Waals surface area contributed by atoms with E-state index in [4.69, 9.17) is 21.1 Å². The van der Waals surface area contributed by atoms with Crippen LogP contribution in [0.25, 0.3) is 0 Å². The second-order valence-corrected chi connectivity index (χ2v) is 6.08. The number of phenols is 1. The Labute approximate surface area is 149 Å². The van der Waals surface area contributed by atoms with E-state index in [1.54, 1.807) is 12.1 Å². The molecule has 6 nitrogen and oxygen atoms in total. The number of hydrogen-bond donors (Lipinski definition) is 4. The highest BCUT2D eigenvalue weighted by Gasteiger charge is 2.11. The first kappa shape index (κ1) is 22.9. The van der Waals surface area contributed by atoms with Crippen LogP contribution >= 0.6 is 0 Å². The largest absolute Gasteiger partial charge is 0.508 e. The van der Waals surface area contributed by atoms with Gasteiger partial charge in [-0.2, -0.15) is 0 Å². The Morgan fingerprint density at radius 1 is 0.960 bits per heavy atom. The van der Waals surface area contributed by atoms with E-state index in [2.05, 4.69) is 6.92 Å². The second kappa shape index (κ2) is 14.3. The summed E-state index contributed by atoms with van der Waals surface area (Å²) in [6.45, 7) is 2.20. The minimum Gasteiger partial charge on any atom is -0.508 e. The van der Waals surface area contributed by atoms with Crippen molar-refractivity contribution in [1.29, 1.82) is 0 Å². The lowest BCUT2D eigenvalue weighted by Crippen LogP contribution is -2.32. The third-order valence-corrected chi connectivity index (χ3v) is 3.70. The molecule has 5 N–H and O–H groups in total. The van der Waals surface area contributed by atoms with Gasteiger partial charge in [0, 0.05) is 6.42 Å². The maximum atomic E-state index is 10.4. The molecule has 1 aromatic rings. The first-order valence-electron chi connectivity index (χ1n) is 8.84. The standard InChI is InChI=1S/C10H20O2.C9H11NO3/c1-2-3-4-5-6-7-8-9-10(11)12;10-8(9(12)13)5-6-1-3-7(11)4-2-6/h2-9H2,1H3,(H,11,12);1-4,8,11H,5,10H2,(H,12,13). The molecular weight excluding hydrogens is 322 g/mol. The number of carboxylic acid groups (broad SMARTS) is 2. The van der Waals surface area contributed by atoms with Crippen LogP contribution in [0.2, 0.25) is 0 Å². The maximum absolute atomic E-state index is 10.4. The number of benzene rings is 1. The minimum atomic E-state index is -1.02. The lowest BCUT2D eigenvalue weighted by atomic mass is 10.1. The van der Waals surface area contributed by atoms with Crippen LogP contribution in [-0.4, -0.2) is 33.3 Å². The van der Waals surface area contributed by atoms with Gasteiger partial charge in [0.05, 0.1) is 0 Å². The molecule has 1 atom stereocenters. The van der Waals surface area contributed by atoms with Gasteiger partial charge in [0.2, 0.25) is 0 Å². The summed E-state index contributed by atoms with van der Waals surface area (Å²) < 4.78 is 0. The minimum absolute atomic E-state index is 0.160. The van der Waals surface area contributed by atoms with Crippen molar-refractivity contribution < 1.29 is 24.9 Å². The van der Waals surface area contributed by atoms with E-state index in [0.717, 1.165) is 18.4 Å². The van der Waals surface area contributed by atoms with Crippen LogP contribution < -0.4 is 5.73 Å². The molecule has 25 heavy (non-hydrogen) atoms. The fraction of sp³-hybridized carbons (Fsp3) is 0.579.